The Kier molecular flexibility index (Phi) is 6.51. The van der Waals surface area contributed by atoms with Gasteiger partial charge in [-0.2, -0.15) is 0 Å². The first kappa shape index (κ1) is 17.4. The maximum atomic E-state index is 12.4. The van der Waals surface area contributed by atoms with Crippen molar-refractivity contribution >= 4 is 12.0 Å². The second-order valence-corrected chi connectivity index (χ2v) is 6.04. The lowest BCUT2D eigenvalue weighted by molar-refractivity contribution is -0.126. The van der Waals surface area contributed by atoms with Gasteiger partial charge in [0.1, 0.15) is 0 Å². The Labute approximate surface area is 139 Å². The van der Waals surface area contributed by atoms with E-state index in [1.165, 1.54) is 25.7 Å². The molecule has 1 amide bonds. The maximum absolute atomic E-state index is 12.4. The number of likely N-dealkylation sites (N-methyl/N-ethyl adjacent to an activating group) is 1. The largest absolute Gasteiger partial charge is 0.493 e. The van der Waals surface area contributed by atoms with Gasteiger partial charge in [-0.05, 0) is 36.6 Å². The number of rotatable bonds is 5. The van der Waals surface area contributed by atoms with Crippen molar-refractivity contribution < 1.29 is 14.3 Å². The molecular weight excluding hydrogens is 290 g/mol. The Bertz CT molecular complexity index is 546. The number of ether oxygens (including phenoxy) is 2. The van der Waals surface area contributed by atoms with Crippen molar-refractivity contribution in [1.82, 2.24) is 4.90 Å². The highest BCUT2D eigenvalue weighted by Gasteiger charge is 2.19. The maximum Gasteiger partial charge on any atom is 0.246 e. The third kappa shape index (κ3) is 4.75. The number of carbonyl (C=O) groups excluding carboxylic acids is 1. The Balaban J connectivity index is 2.02. The van der Waals surface area contributed by atoms with Crippen molar-refractivity contribution in [2.24, 2.45) is 0 Å². The zero-order valence-electron chi connectivity index (χ0n) is 14.4. The zero-order valence-corrected chi connectivity index (χ0v) is 14.4. The summed E-state index contributed by atoms with van der Waals surface area (Å²) < 4.78 is 10.5. The van der Waals surface area contributed by atoms with E-state index in [9.17, 15) is 4.79 Å². The summed E-state index contributed by atoms with van der Waals surface area (Å²) in [6.45, 7) is 0. The van der Waals surface area contributed by atoms with Crippen LogP contribution in [-0.4, -0.2) is 38.1 Å². The first-order chi connectivity index (χ1) is 11.2. The quantitative estimate of drug-likeness (QED) is 0.611. The molecule has 0 bridgehead atoms. The highest BCUT2D eigenvalue weighted by Crippen LogP contribution is 2.28. The molecule has 1 aliphatic carbocycles. The average Bonchev–Trinajstić information content (AvgIpc) is 2.87. The van der Waals surface area contributed by atoms with Crippen LogP contribution in [0.15, 0.2) is 24.3 Å². The molecule has 4 nitrogen and oxygen atoms in total. The van der Waals surface area contributed by atoms with Crippen molar-refractivity contribution in [2.45, 2.75) is 44.6 Å². The second kappa shape index (κ2) is 8.61. The third-order valence-electron chi connectivity index (χ3n) is 4.55. The average molecular weight is 317 g/mol. The summed E-state index contributed by atoms with van der Waals surface area (Å²) in [4.78, 5) is 14.3. The number of nitrogens with zero attached hydrogens (tertiary/aromatic N) is 1. The van der Waals surface area contributed by atoms with Gasteiger partial charge in [0.15, 0.2) is 11.5 Å². The molecule has 4 heteroatoms. The van der Waals surface area contributed by atoms with Gasteiger partial charge in [0.2, 0.25) is 5.91 Å². The van der Waals surface area contributed by atoms with Crippen molar-refractivity contribution in [3.8, 4) is 11.5 Å². The molecule has 23 heavy (non-hydrogen) atoms. The van der Waals surface area contributed by atoms with Crippen LogP contribution in [0.3, 0.4) is 0 Å². The molecule has 0 spiro atoms. The van der Waals surface area contributed by atoms with E-state index in [1.807, 2.05) is 36.2 Å². The van der Waals surface area contributed by atoms with Crippen LogP contribution in [0.5, 0.6) is 11.5 Å². The molecule has 0 aromatic heterocycles. The SMILES string of the molecule is COc1ccc(/C=C/C(=O)N(C)C2CCCCCC2)cc1OC. The summed E-state index contributed by atoms with van der Waals surface area (Å²) in [5.74, 6) is 1.41. The van der Waals surface area contributed by atoms with E-state index in [4.69, 9.17) is 9.47 Å². The molecule has 1 aliphatic rings. The Morgan fingerprint density at radius 2 is 1.74 bits per heavy atom. The van der Waals surface area contributed by atoms with Gasteiger partial charge >= 0.3 is 0 Å². The van der Waals surface area contributed by atoms with E-state index >= 15 is 0 Å². The van der Waals surface area contributed by atoms with Gasteiger partial charge < -0.3 is 14.4 Å². The van der Waals surface area contributed by atoms with E-state index in [0.29, 0.717) is 17.5 Å². The lowest BCUT2D eigenvalue weighted by Crippen LogP contribution is -2.35. The van der Waals surface area contributed by atoms with Crippen LogP contribution in [0.1, 0.15) is 44.1 Å². The summed E-state index contributed by atoms with van der Waals surface area (Å²) >= 11 is 0. The Morgan fingerprint density at radius 1 is 1.09 bits per heavy atom. The number of carbonyl (C=O) groups is 1. The van der Waals surface area contributed by atoms with Gasteiger partial charge in [0.05, 0.1) is 14.2 Å². The molecule has 1 saturated carbocycles. The van der Waals surface area contributed by atoms with Crippen LogP contribution < -0.4 is 9.47 Å². The molecule has 1 aromatic rings. The molecule has 0 aliphatic heterocycles. The van der Waals surface area contributed by atoms with Crippen LogP contribution in [0, 0.1) is 0 Å². The van der Waals surface area contributed by atoms with Gasteiger partial charge in [0, 0.05) is 19.2 Å². The van der Waals surface area contributed by atoms with E-state index in [2.05, 4.69) is 0 Å². The van der Waals surface area contributed by atoms with E-state index in [0.717, 1.165) is 18.4 Å². The highest BCUT2D eigenvalue weighted by molar-refractivity contribution is 5.91. The normalized spacial score (nSPS) is 16.1. The number of methoxy groups -OCH3 is 2. The molecule has 1 aromatic carbocycles. The molecule has 126 valence electrons. The number of hydrogen-bond donors (Lipinski definition) is 0. The van der Waals surface area contributed by atoms with Crippen molar-refractivity contribution in [2.75, 3.05) is 21.3 Å². The first-order valence-corrected chi connectivity index (χ1v) is 8.32. The predicted octanol–water partition coefficient (Wildman–Crippen LogP) is 3.90. The monoisotopic (exact) mass is 317 g/mol. The van der Waals surface area contributed by atoms with Gasteiger partial charge in [-0.3, -0.25) is 4.79 Å². The minimum atomic E-state index is 0.0617. The van der Waals surface area contributed by atoms with Crippen LogP contribution in [-0.2, 0) is 4.79 Å². The summed E-state index contributed by atoms with van der Waals surface area (Å²) in [6, 6.07) is 6.00. The zero-order chi connectivity index (χ0) is 16.7. The third-order valence-corrected chi connectivity index (χ3v) is 4.55. The van der Waals surface area contributed by atoms with Crippen LogP contribution in [0.4, 0.5) is 0 Å². The molecule has 2 rings (SSSR count). The summed E-state index contributed by atoms with van der Waals surface area (Å²) in [6.07, 6.45) is 10.7. The van der Waals surface area contributed by atoms with Crippen molar-refractivity contribution in [3.63, 3.8) is 0 Å². The first-order valence-electron chi connectivity index (χ1n) is 8.32. The molecule has 0 radical (unpaired) electrons. The molecule has 0 heterocycles. The Hall–Kier alpha value is -1.97. The van der Waals surface area contributed by atoms with E-state index < -0.39 is 0 Å². The molecule has 1 fully saturated rings. The number of benzene rings is 1. The number of amides is 1. The second-order valence-electron chi connectivity index (χ2n) is 6.04. The predicted molar refractivity (Wildman–Crippen MR) is 92.8 cm³/mol. The highest BCUT2D eigenvalue weighted by atomic mass is 16.5. The minimum Gasteiger partial charge on any atom is -0.493 e. The molecule has 0 atom stereocenters. The standard InChI is InChI=1S/C19H27NO3/c1-20(16-8-6-4-5-7-9-16)19(21)13-11-15-10-12-17(22-2)18(14-15)23-3/h10-14,16H,4-9H2,1-3H3/b13-11+. The fourth-order valence-corrected chi connectivity index (χ4v) is 3.07. The molecule has 0 N–H and O–H groups in total. The molecule has 0 unspecified atom stereocenters. The fraction of sp³-hybridized carbons (Fsp3) is 0.526. The van der Waals surface area contributed by atoms with Crippen LogP contribution in [0.2, 0.25) is 0 Å². The van der Waals surface area contributed by atoms with E-state index in [1.54, 1.807) is 20.3 Å². The molecule has 0 saturated heterocycles. The van der Waals surface area contributed by atoms with Crippen molar-refractivity contribution in [1.29, 1.82) is 0 Å². The van der Waals surface area contributed by atoms with Gasteiger partial charge in [-0.15, -0.1) is 0 Å². The van der Waals surface area contributed by atoms with Crippen LogP contribution in [0.25, 0.3) is 6.08 Å². The van der Waals surface area contributed by atoms with Gasteiger partial charge in [-0.25, -0.2) is 0 Å². The lowest BCUT2D eigenvalue weighted by Gasteiger charge is -2.26. The number of hydrogen-bond acceptors (Lipinski definition) is 3. The van der Waals surface area contributed by atoms with Gasteiger partial charge in [-0.1, -0.05) is 31.7 Å². The van der Waals surface area contributed by atoms with Gasteiger partial charge in [0.25, 0.3) is 0 Å². The summed E-state index contributed by atoms with van der Waals surface area (Å²) in [5, 5.41) is 0. The minimum absolute atomic E-state index is 0.0617. The smallest absolute Gasteiger partial charge is 0.246 e. The Morgan fingerprint density at radius 3 is 2.35 bits per heavy atom. The summed E-state index contributed by atoms with van der Waals surface area (Å²) in [5.41, 5.74) is 0.922. The van der Waals surface area contributed by atoms with Crippen LogP contribution >= 0.6 is 0 Å². The molecular formula is C19H27NO3. The topological polar surface area (TPSA) is 38.8 Å². The van der Waals surface area contributed by atoms with Crippen molar-refractivity contribution in [3.05, 3.63) is 29.8 Å². The lowest BCUT2D eigenvalue weighted by atomic mass is 10.1. The fourth-order valence-electron chi connectivity index (χ4n) is 3.07. The van der Waals surface area contributed by atoms with E-state index in [-0.39, 0.29) is 5.91 Å². The summed E-state index contributed by atoms with van der Waals surface area (Å²) in [7, 11) is 5.13.